The maximum Gasteiger partial charge on any atom is 0.0897 e. The van der Waals surface area contributed by atoms with Gasteiger partial charge in [0.25, 0.3) is 0 Å². The Kier molecular flexibility index (Phi) is 5.69. The summed E-state index contributed by atoms with van der Waals surface area (Å²) in [6.07, 6.45) is 2.15. The molecule has 0 amide bonds. The Morgan fingerprint density at radius 1 is 1.44 bits per heavy atom. The van der Waals surface area contributed by atoms with Gasteiger partial charge in [0, 0.05) is 26.8 Å². The highest BCUT2D eigenvalue weighted by Crippen LogP contribution is 2.28. The van der Waals surface area contributed by atoms with Crippen LogP contribution in [0.1, 0.15) is 26.7 Å². The molecule has 0 aromatic rings. The van der Waals surface area contributed by atoms with E-state index in [1.165, 1.54) is 12.8 Å². The molecule has 0 spiro atoms. The van der Waals surface area contributed by atoms with Crippen LogP contribution in [0.15, 0.2) is 0 Å². The van der Waals surface area contributed by atoms with Crippen molar-refractivity contribution in [3.63, 3.8) is 0 Å². The van der Waals surface area contributed by atoms with Gasteiger partial charge in [0.1, 0.15) is 0 Å². The molecule has 2 N–H and O–H groups in total. The minimum Gasteiger partial charge on any atom is -0.389 e. The summed E-state index contributed by atoms with van der Waals surface area (Å²) in [5, 5.41) is 12.8. The van der Waals surface area contributed by atoms with Crippen molar-refractivity contribution in [3.05, 3.63) is 0 Å². The molecule has 1 aliphatic rings. The van der Waals surface area contributed by atoms with Crippen molar-refractivity contribution in [2.45, 2.75) is 38.4 Å². The van der Waals surface area contributed by atoms with Gasteiger partial charge in [-0.25, -0.2) is 0 Å². The monoisotopic (exact) mass is 231 g/mol. The summed E-state index contributed by atoms with van der Waals surface area (Å²) >= 11 is 0. The summed E-state index contributed by atoms with van der Waals surface area (Å²) in [5.41, 5.74) is -0.186. The van der Waals surface area contributed by atoms with Crippen LogP contribution in [-0.2, 0) is 9.47 Å². The first kappa shape index (κ1) is 13.9. The third kappa shape index (κ3) is 6.43. The topological polar surface area (TPSA) is 50.7 Å². The van der Waals surface area contributed by atoms with Gasteiger partial charge in [0.2, 0.25) is 0 Å². The molecule has 0 heterocycles. The lowest BCUT2D eigenvalue weighted by molar-refractivity contribution is 0.0107. The summed E-state index contributed by atoms with van der Waals surface area (Å²) in [5.74, 6) is 0.757. The fourth-order valence-electron chi connectivity index (χ4n) is 1.33. The smallest absolute Gasteiger partial charge is 0.0897 e. The molecule has 0 bridgehead atoms. The highest BCUT2D eigenvalue weighted by atomic mass is 16.5. The zero-order valence-electron chi connectivity index (χ0n) is 10.7. The van der Waals surface area contributed by atoms with Gasteiger partial charge < -0.3 is 19.9 Å². The molecule has 4 nitrogen and oxygen atoms in total. The molecular formula is C12H25NO3. The van der Waals surface area contributed by atoms with Gasteiger partial charge in [-0.2, -0.15) is 0 Å². The van der Waals surface area contributed by atoms with Crippen molar-refractivity contribution < 1.29 is 14.6 Å². The largest absolute Gasteiger partial charge is 0.389 e. The molecule has 0 aromatic heterocycles. The van der Waals surface area contributed by atoms with E-state index in [2.05, 4.69) is 5.32 Å². The molecule has 16 heavy (non-hydrogen) atoms. The summed E-state index contributed by atoms with van der Waals surface area (Å²) < 4.78 is 10.7. The van der Waals surface area contributed by atoms with Crippen molar-refractivity contribution in [2.75, 3.05) is 33.4 Å². The third-order valence-electron chi connectivity index (χ3n) is 2.84. The molecule has 0 aromatic carbocycles. The summed E-state index contributed by atoms with van der Waals surface area (Å²) in [4.78, 5) is 0. The average Bonchev–Trinajstić information content (AvgIpc) is 3.01. The van der Waals surface area contributed by atoms with Crippen LogP contribution in [0, 0.1) is 5.92 Å². The van der Waals surface area contributed by atoms with E-state index in [1.54, 1.807) is 7.11 Å². The molecule has 1 aliphatic carbocycles. The lowest BCUT2D eigenvalue weighted by Gasteiger charge is -2.24. The fourth-order valence-corrected chi connectivity index (χ4v) is 1.33. The number of hydrogen-bond donors (Lipinski definition) is 2. The van der Waals surface area contributed by atoms with Crippen LogP contribution in [0.4, 0.5) is 0 Å². The van der Waals surface area contributed by atoms with E-state index < -0.39 is 6.10 Å². The highest BCUT2D eigenvalue weighted by Gasteiger charge is 2.21. The number of nitrogens with one attached hydrogen (secondary N) is 1. The summed E-state index contributed by atoms with van der Waals surface area (Å²) in [7, 11) is 1.69. The molecule has 4 heteroatoms. The molecule has 1 rings (SSSR count). The van der Waals surface area contributed by atoms with E-state index in [4.69, 9.17) is 9.47 Å². The molecule has 1 atom stereocenters. The average molecular weight is 231 g/mol. The summed E-state index contributed by atoms with van der Waals surface area (Å²) in [6.45, 7) is 6.53. The number of rotatable bonds is 9. The first-order valence-corrected chi connectivity index (χ1v) is 6.05. The zero-order chi connectivity index (χ0) is 12.0. The lowest BCUT2D eigenvalue weighted by Crippen LogP contribution is -2.41. The Hall–Kier alpha value is -0.160. The molecule has 1 fully saturated rings. The van der Waals surface area contributed by atoms with Gasteiger partial charge in [-0.15, -0.1) is 0 Å². The van der Waals surface area contributed by atoms with Crippen LogP contribution >= 0.6 is 0 Å². The SMILES string of the molecule is COC(C)(C)CNCC(O)COCC1CC1. The van der Waals surface area contributed by atoms with E-state index in [0.717, 1.165) is 19.1 Å². The second-order valence-corrected chi connectivity index (χ2v) is 5.23. The predicted molar refractivity (Wildman–Crippen MR) is 63.5 cm³/mol. The standard InChI is InChI=1S/C12H25NO3/c1-12(2,15-3)9-13-6-11(14)8-16-7-10-4-5-10/h10-11,13-14H,4-9H2,1-3H3. The van der Waals surface area contributed by atoms with Crippen LogP contribution < -0.4 is 5.32 Å². The second kappa shape index (κ2) is 6.55. The zero-order valence-corrected chi connectivity index (χ0v) is 10.7. The van der Waals surface area contributed by atoms with E-state index >= 15 is 0 Å². The minimum atomic E-state index is -0.425. The fraction of sp³-hybridized carbons (Fsp3) is 1.00. The van der Waals surface area contributed by atoms with Gasteiger partial charge in [0.05, 0.1) is 18.3 Å². The van der Waals surface area contributed by atoms with Crippen LogP contribution in [0.5, 0.6) is 0 Å². The Balaban J connectivity index is 1.94. The van der Waals surface area contributed by atoms with E-state index in [-0.39, 0.29) is 5.60 Å². The van der Waals surface area contributed by atoms with Gasteiger partial charge in [-0.3, -0.25) is 0 Å². The number of aliphatic hydroxyl groups excluding tert-OH is 1. The molecule has 1 saturated carbocycles. The highest BCUT2D eigenvalue weighted by molar-refractivity contribution is 4.74. The van der Waals surface area contributed by atoms with Crippen molar-refractivity contribution >= 4 is 0 Å². The van der Waals surface area contributed by atoms with Crippen LogP contribution in [0.3, 0.4) is 0 Å². The third-order valence-corrected chi connectivity index (χ3v) is 2.84. The quantitative estimate of drug-likeness (QED) is 0.616. The van der Waals surface area contributed by atoms with Crippen molar-refractivity contribution in [1.29, 1.82) is 0 Å². The van der Waals surface area contributed by atoms with Gasteiger partial charge in [-0.05, 0) is 32.6 Å². The van der Waals surface area contributed by atoms with Crippen molar-refractivity contribution in [3.8, 4) is 0 Å². The molecule has 0 saturated heterocycles. The van der Waals surface area contributed by atoms with Gasteiger partial charge >= 0.3 is 0 Å². The number of aliphatic hydroxyl groups is 1. The van der Waals surface area contributed by atoms with Crippen LogP contribution in [-0.4, -0.2) is 50.2 Å². The van der Waals surface area contributed by atoms with Crippen LogP contribution in [0.25, 0.3) is 0 Å². The normalized spacial score (nSPS) is 18.8. The molecule has 0 aliphatic heterocycles. The minimum absolute atomic E-state index is 0.186. The Morgan fingerprint density at radius 2 is 2.12 bits per heavy atom. The molecule has 0 radical (unpaired) electrons. The number of hydrogen-bond acceptors (Lipinski definition) is 4. The van der Waals surface area contributed by atoms with Gasteiger partial charge in [0.15, 0.2) is 0 Å². The van der Waals surface area contributed by atoms with E-state index in [1.807, 2.05) is 13.8 Å². The number of methoxy groups -OCH3 is 1. The first-order valence-electron chi connectivity index (χ1n) is 6.05. The van der Waals surface area contributed by atoms with Gasteiger partial charge in [-0.1, -0.05) is 0 Å². The first-order chi connectivity index (χ1) is 7.53. The maximum absolute atomic E-state index is 9.62. The molecular weight excluding hydrogens is 206 g/mol. The number of ether oxygens (including phenoxy) is 2. The molecule has 1 unspecified atom stereocenters. The second-order valence-electron chi connectivity index (χ2n) is 5.23. The van der Waals surface area contributed by atoms with Crippen LogP contribution in [0.2, 0.25) is 0 Å². The Labute approximate surface area is 98.3 Å². The van der Waals surface area contributed by atoms with Crippen molar-refractivity contribution in [1.82, 2.24) is 5.32 Å². The summed E-state index contributed by atoms with van der Waals surface area (Å²) in [6, 6.07) is 0. The maximum atomic E-state index is 9.62. The van der Waals surface area contributed by atoms with E-state index in [9.17, 15) is 5.11 Å². The molecule has 96 valence electrons. The van der Waals surface area contributed by atoms with Crippen molar-refractivity contribution in [2.24, 2.45) is 5.92 Å². The Morgan fingerprint density at radius 3 is 2.69 bits per heavy atom. The Bertz CT molecular complexity index is 193. The predicted octanol–water partition coefficient (Wildman–Crippen LogP) is 0.788. The lowest BCUT2D eigenvalue weighted by atomic mass is 10.1. The van der Waals surface area contributed by atoms with E-state index in [0.29, 0.717) is 13.2 Å².